The summed E-state index contributed by atoms with van der Waals surface area (Å²) in [6.45, 7) is 16.2. The number of allylic oxidation sites excluding steroid dienone is 4. The molecule has 0 aliphatic heterocycles. The summed E-state index contributed by atoms with van der Waals surface area (Å²) >= 11 is 0. The Labute approximate surface area is 287 Å². The fraction of sp³-hybridized carbons (Fsp3) is 0.524. The van der Waals surface area contributed by atoms with Gasteiger partial charge in [-0.3, -0.25) is 19.2 Å². The van der Waals surface area contributed by atoms with Gasteiger partial charge in [0.05, 0.1) is 11.1 Å². The number of hydrogen-bond donors (Lipinski definition) is 0. The molecule has 0 atom stereocenters. The summed E-state index contributed by atoms with van der Waals surface area (Å²) in [6, 6.07) is 12.0. The van der Waals surface area contributed by atoms with Crippen LogP contribution in [0, 0.1) is 38.5 Å². The molecule has 2 aliphatic carbocycles. The molecular weight excluding hydrogens is 600 g/mol. The van der Waals surface area contributed by atoms with Crippen LogP contribution in [-0.4, -0.2) is 23.5 Å². The lowest BCUT2D eigenvalue weighted by atomic mass is 9.74. The lowest BCUT2D eigenvalue weighted by molar-refractivity contribution is -0.141. The highest BCUT2D eigenvalue weighted by atomic mass is 16.5. The van der Waals surface area contributed by atoms with E-state index in [1.807, 2.05) is 79.7 Å². The second-order valence-electron chi connectivity index (χ2n) is 15.7. The molecule has 0 heterocycles. The van der Waals surface area contributed by atoms with Gasteiger partial charge in [0.2, 0.25) is 0 Å². The van der Waals surface area contributed by atoms with Gasteiger partial charge in [0.1, 0.15) is 11.5 Å². The summed E-state index contributed by atoms with van der Waals surface area (Å²) < 4.78 is 11.8. The number of aryl methyl sites for hydroxylation is 4. The molecule has 0 fully saturated rings. The molecule has 0 saturated carbocycles. The first-order valence-corrected chi connectivity index (χ1v) is 17.6. The number of Topliss-reactive ketones (excluding diaryl/α,β-unsaturated/α-hetero) is 2. The number of hydrogen-bond acceptors (Lipinski definition) is 6. The molecule has 2 aliphatic rings. The van der Waals surface area contributed by atoms with Crippen molar-refractivity contribution in [1.82, 2.24) is 0 Å². The van der Waals surface area contributed by atoms with Gasteiger partial charge < -0.3 is 9.47 Å². The molecule has 0 bridgehead atoms. The number of carbonyl (C=O) groups is 4. The van der Waals surface area contributed by atoms with Crippen molar-refractivity contribution in [3.8, 4) is 0 Å². The van der Waals surface area contributed by atoms with Crippen molar-refractivity contribution < 1.29 is 28.7 Å². The summed E-state index contributed by atoms with van der Waals surface area (Å²) in [4.78, 5) is 52.2. The lowest BCUT2D eigenvalue weighted by Gasteiger charge is -2.32. The van der Waals surface area contributed by atoms with Crippen LogP contribution in [-0.2, 0) is 28.7 Å². The highest BCUT2D eigenvalue weighted by molar-refractivity contribution is 6.23. The average molecular weight is 655 g/mol. The zero-order chi connectivity index (χ0) is 35.2. The Balaban J connectivity index is 1.23. The Hall–Kier alpha value is -3.80. The predicted octanol–water partition coefficient (Wildman–Crippen LogP) is 10.0. The highest BCUT2D eigenvalue weighted by Crippen LogP contribution is 2.43. The standard InChI is InChI=1S/C42H54O6/c1-27-17-19-31(29(3)21-27)39-33(43)23-41(5,6)25-35(39)47-37(45)15-13-11-9-10-12-14-16-38(46)48-36-26-42(7,8)24-34(44)40(36)32-20-18-28(2)22-30(32)4/h17-22H,9-16,23-26H2,1-8H3. The molecule has 0 saturated heterocycles. The highest BCUT2D eigenvalue weighted by Gasteiger charge is 2.37. The van der Waals surface area contributed by atoms with Crippen molar-refractivity contribution in [2.45, 2.75) is 132 Å². The maximum atomic E-state index is 13.2. The molecule has 0 N–H and O–H groups in total. The van der Waals surface area contributed by atoms with Gasteiger partial charge in [-0.2, -0.15) is 0 Å². The Kier molecular flexibility index (Phi) is 12.0. The SMILES string of the molecule is Cc1ccc(C2=C(OC(=O)CCCCCCCCC(=O)OC3=C(c4ccc(C)cc4C)C(=O)CC(C)(C)C3)CC(C)(C)CC2=O)c(C)c1. The van der Waals surface area contributed by atoms with Crippen LogP contribution in [0.15, 0.2) is 47.9 Å². The number of esters is 2. The van der Waals surface area contributed by atoms with Gasteiger partial charge >= 0.3 is 11.9 Å². The number of ketones is 2. The van der Waals surface area contributed by atoms with Gasteiger partial charge in [-0.1, -0.05) is 101 Å². The zero-order valence-electron chi connectivity index (χ0n) is 30.4. The van der Waals surface area contributed by atoms with Gasteiger partial charge in [0.25, 0.3) is 0 Å². The molecule has 2 aromatic carbocycles. The van der Waals surface area contributed by atoms with Gasteiger partial charge in [0, 0.05) is 38.5 Å². The van der Waals surface area contributed by atoms with Gasteiger partial charge in [-0.15, -0.1) is 0 Å². The maximum Gasteiger partial charge on any atom is 0.310 e. The molecule has 0 unspecified atom stereocenters. The topological polar surface area (TPSA) is 86.7 Å². The summed E-state index contributed by atoms with van der Waals surface area (Å²) in [5.74, 6) is 0.467. The van der Waals surface area contributed by atoms with E-state index in [1.165, 1.54) is 0 Å². The fourth-order valence-electron chi connectivity index (χ4n) is 7.11. The first-order chi connectivity index (χ1) is 22.5. The molecule has 0 radical (unpaired) electrons. The molecule has 6 heteroatoms. The third-order valence-electron chi connectivity index (χ3n) is 9.46. The van der Waals surface area contributed by atoms with Crippen LogP contribution in [0.5, 0.6) is 0 Å². The molecule has 2 aromatic rings. The van der Waals surface area contributed by atoms with E-state index < -0.39 is 0 Å². The maximum absolute atomic E-state index is 13.2. The first-order valence-electron chi connectivity index (χ1n) is 17.6. The second kappa shape index (κ2) is 15.6. The van der Waals surface area contributed by atoms with E-state index in [1.54, 1.807) is 0 Å². The van der Waals surface area contributed by atoms with E-state index in [9.17, 15) is 19.2 Å². The van der Waals surface area contributed by atoms with Crippen LogP contribution in [0.4, 0.5) is 0 Å². The quantitative estimate of drug-likeness (QED) is 0.158. The van der Waals surface area contributed by atoms with Crippen molar-refractivity contribution in [3.63, 3.8) is 0 Å². The van der Waals surface area contributed by atoms with Crippen LogP contribution in [0.2, 0.25) is 0 Å². The molecule has 0 spiro atoms. The van der Waals surface area contributed by atoms with Crippen molar-refractivity contribution in [2.75, 3.05) is 0 Å². The van der Waals surface area contributed by atoms with E-state index in [0.717, 1.165) is 59.1 Å². The normalized spacial score (nSPS) is 17.5. The number of ether oxygens (including phenoxy) is 2. The summed E-state index contributed by atoms with van der Waals surface area (Å²) in [7, 11) is 0. The Morgan fingerprint density at radius 3 is 1.27 bits per heavy atom. The van der Waals surface area contributed by atoms with Crippen LogP contribution >= 0.6 is 0 Å². The molecule has 0 aromatic heterocycles. The number of benzene rings is 2. The first kappa shape index (κ1) is 37.0. The predicted molar refractivity (Wildman–Crippen MR) is 191 cm³/mol. The Morgan fingerprint density at radius 1 is 0.562 bits per heavy atom. The largest absolute Gasteiger partial charge is 0.430 e. The smallest absolute Gasteiger partial charge is 0.310 e. The fourth-order valence-corrected chi connectivity index (χ4v) is 7.11. The molecule has 48 heavy (non-hydrogen) atoms. The Bertz CT molecular complexity index is 1510. The molecule has 0 amide bonds. The summed E-state index contributed by atoms with van der Waals surface area (Å²) in [6.07, 6.45) is 7.66. The third-order valence-corrected chi connectivity index (χ3v) is 9.46. The monoisotopic (exact) mass is 654 g/mol. The van der Waals surface area contributed by atoms with Gasteiger partial charge in [-0.25, -0.2) is 0 Å². The van der Waals surface area contributed by atoms with Crippen LogP contribution in [0.3, 0.4) is 0 Å². The van der Waals surface area contributed by atoms with Gasteiger partial charge in [0.15, 0.2) is 11.6 Å². The number of rotatable bonds is 13. The van der Waals surface area contributed by atoms with Gasteiger partial charge in [-0.05, 0) is 73.6 Å². The zero-order valence-corrected chi connectivity index (χ0v) is 30.4. The van der Waals surface area contributed by atoms with E-state index in [0.29, 0.717) is 74.0 Å². The van der Waals surface area contributed by atoms with Crippen molar-refractivity contribution in [2.24, 2.45) is 10.8 Å². The van der Waals surface area contributed by atoms with Crippen molar-refractivity contribution in [3.05, 3.63) is 81.3 Å². The summed E-state index contributed by atoms with van der Waals surface area (Å²) in [5.41, 5.74) is 6.55. The minimum absolute atomic E-state index is 0.0273. The minimum Gasteiger partial charge on any atom is -0.430 e. The number of unbranched alkanes of at least 4 members (excludes halogenated alkanes) is 5. The van der Waals surface area contributed by atoms with E-state index in [-0.39, 0.29) is 34.3 Å². The van der Waals surface area contributed by atoms with E-state index in [2.05, 4.69) is 12.1 Å². The molecule has 6 nitrogen and oxygen atoms in total. The molecule has 258 valence electrons. The van der Waals surface area contributed by atoms with Crippen LogP contribution < -0.4 is 0 Å². The Morgan fingerprint density at radius 2 is 0.917 bits per heavy atom. The summed E-state index contributed by atoms with van der Waals surface area (Å²) in [5, 5.41) is 0. The lowest BCUT2D eigenvalue weighted by Crippen LogP contribution is -2.27. The van der Waals surface area contributed by atoms with Crippen molar-refractivity contribution in [1.29, 1.82) is 0 Å². The number of carbonyl (C=O) groups excluding carboxylic acids is 4. The van der Waals surface area contributed by atoms with Crippen LogP contribution in [0.25, 0.3) is 11.1 Å². The third kappa shape index (κ3) is 9.87. The second-order valence-corrected chi connectivity index (χ2v) is 15.7. The van der Waals surface area contributed by atoms with Crippen molar-refractivity contribution >= 4 is 34.7 Å². The average Bonchev–Trinajstić information content (AvgIpc) is 2.95. The van der Waals surface area contributed by atoms with E-state index in [4.69, 9.17) is 9.47 Å². The minimum atomic E-state index is -0.292. The van der Waals surface area contributed by atoms with Crippen LogP contribution in [0.1, 0.15) is 138 Å². The molecular formula is C42H54O6. The van der Waals surface area contributed by atoms with E-state index >= 15 is 0 Å². The molecule has 4 rings (SSSR count).